The van der Waals surface area contributed by atoms with Gasteiger partial charge in [0.05, 0.1) is 11.3 Å². The van der Waals surface area contributed by atoms with Crippen molar-refractivity contribution in [1.82, 2.24) is 4.90 Å². The van der Waals surface area contributed by atoms with Crippen molar-refractivity contribution in [2.75, 3.05) is 49.6 Å². The Hall–Kier alpha value is -2.49. The minimum Gasteiger partial charge on any atom is -0.456 e. The van der Waals surface area contributed by atoms with E-state index in [-0.39, 0.29) is 32.2 Å². The number of nitrogens with zero attached hydrogens (tertiary/aromatic N) is 2. The van der Waals surface area contributed by atoms with Crippen LogP contribution in [0.3, 0.4) is 0 Å². The lowest BCUT2D eigenvalue weighted by Crippen LogP contribution is -2.52. The minimum atomic E-state index is -4.86. The molecule has 10 heteroatoms. The van der Waals surface area contributed by atoms with E-state index in [4.69, 9.17) is 9.47 Å². The Morgan fingerprint density at radius 3 is 2.39 bits per heavy atom. The van der Waals surface area contributed by atoms with Crippen molar-refractivity contribution in [3.8, 4) is 0 Å². The van der Waals surface area contributed by atoms with E-state index in [1.165, 1.54) is 0 Å². The minimum absolute atomic E-state index is 0.0190. The molecule has 1 atom stereocenters. The first kappa shape index (κ1) is 25.1. The predicted octanol–water partition coefficient (Wildman–Crippen LogP) is 3.83. The number of nitrogens with one attached hydrogen (secondary N) is 1. The van der Waals surface area contributed by atoms with Gasteiger partial charge >= 0.3 is 18.1 Å². The van der Waals surface area contributed by atoms with Gasteiger partial charge in [-0.1, -0.05) is 0 Å². The van der Waals surface area contributed by atoms with Gasteiger partial charge in [-0.05, 0) is 58.2 Å². The lowest BCUT2D eigenvalue weighted by atomic mass is 10.1. The Kier molecular flexibility index (Phi) is 7.76. The molecule has 1 N–H and O–H groups in total. The molecule has 0 spiro atoms. The second-order valence-electron chi connectivity index (χ2n) is 9.39. The van der Waals surface area contributed by atoms with Crippen molar-refractivity contribution in [3.05, 3.63) is 23.8 Å². The summed E-state index contributed by atoms with van der Waals surface area (Å²) in [5.74, 6) is -2.25. The van der Waals surface area contributed by atoms with Crippen LogP contribution in [0.4, 0.5) is 24.5 Å². The quantitative estimate of drug-likeness (QED) is 0.673. The molecule has 0 saturated carbocycles. The van der Waals surface area contributed by atoms with Crippen LogP contribution in [-0.2, 0) is 14.3 Å². The molecule has 0 bridgehead atoms. The fourth-order valence-corrected chi connectivity index (χ4v) is 3.97. The van der Waals surface area contributed by atoms with Gasteiger partial charge in [-0.25, -0.2) is 4.79 Å². The molecule has 1 unspecified atom stereocenters. The van der Waals surface area contributed by atoms with Crippen LogP contribution in [-0.4, -0.2) is 74.0 Å². The molecule has 0 aliphatic carbocycles. The summed E-state index contributed by atoms with van der Waals surface area (Å²) in [6.07, 6.45) is -2.25. The number of carbonyl (C=O) groups excluding carboxylic acids is 2. The summed E-state index contributed by atoms with van der Waals surface area (Å²) >= 11 is 0. The molecule has 33 heavy (non-hydrogen) atoms. The number of piperazine rings is 1. The molecule has 184 valence electrons. The number of esters is 1. The largest absolute Gasteiger partial charge is 0.471 e. The molecule has 2 fully saturated rings. The highest BCUT2D eigenvalue weighted by atomic mass is 19.4. The van der Waals surface area contributed by atoms with Crippen LogP contribution in [0.5, 0.6) is 0 Å². The maximum Gasteiger partial charge on any atom is 0.471 e. The number of benzene rings is 1. The highest BCUT2D eigenvalue weighted by Crippen LogP contribution is 2.29. The van der Waals surface area contributed by atoms with E-state index in [9.17, 15) is 22.8 Å². The summed E-state index contributed by atoms with van der Waals surface area (Å²) in [4.78, 5) is 27.1. The zero-order valence-electron chi connectivity index (χ0n) is 19.3. The van der Waals surface area contributed by atoms with Crippen molar-refractivity contribution in [3.63, 3.8) is 0 Å². The third kappa shape index (κ3) is 6.99. The van der Waals surface area contributed by atoms with Crippen molar-refractivity contribution in [2.24, 2.45) is 0 Å². The van der Waals surface area contributed by atoms with E-state index in [0.29, 0.717) is 24.5 Å². The van der Waals surface area contributed by atoms with Crippen molar-refractivity contribution < 1.29 is 32.2 Å². The summed E-state index contributed by atoms with van der Waals surface area (Å²) in [6.45, 7) is 7.25. The Balaban J connectivity index is 1.79. The highest BCUT2D eigenvalue weighted by molar-refractivity contribution is 5.97. The van der Waals surface area contributed by atoms with Gasteiger partial charge in [0, 0.05) is 51.1 Å². The van der Waals surface area contributed by atoms with Crippen LogP contribution in [0.25, 0.3) is 0 Å². The Bertz CT molecular complexity index is 838. The van der Waals surface area contributed by atoms with Gasteiger partial charge in [0.25, 0.3) is 0 Å². The summed E-state index contributed by atoms with van der Waals surface area (Å²) in [7, 11) is 0. The molecule has 0 radical (unpaired) electrons. The van der Waals surface area contributed by atoms with Gasteiger partial charge in [0.1, 0.15) is 5.60 Å². The van der Waals surface area contributed by atoms with E-state index >= 15 is 0 Å². The van der Waals surface area contributed by atoms with Crippen LogP contribution in [0.1, 0.15) is 50.4 Å². The second kappa shape index (κ2) is 10.2. The molecule has 2 saturated heterocycles. The number of alkyl halides is 3. The molecular weight excluding hydrogens is 439 g/mol. The first-order chi connectivity index (χ1) is 15.4. The first-order valence-electron chi connectivity index (χ1n) is 11.3. The second-order valence-corrected chi connectivity index (χ2v) is 9.39. The Morgan fingerprint density at radius 2 is 1.76 bits per heavy atom. The molecule has 2 aliphatic rings. The first-order valence-corrected chi connectivity index (χ1v) is 11.3. The number of amides is 1. The monoisotopic (exact) mass is 471 g/mol. The topological polar surface area (TPSA) is 71.1 Å². The third-order valence-electron chi connectivity index (χ3n) is 5.61. The highest BCUT2D eigenvalue weighted by Gasteiger charge is 2.43. The zero-order valence-corrected chi connectivity index (χ0v) is 19.3. The zero-order chi connectivity index (χ0) is 24.2. The Labute approximate surface area is 192 Å². The fourth-order valence-electron chi connectivity index (χ4n) is 3.97. The molecular formula is C23H32F3N3O4. The average Bonchev–Trinajstić information content (AvgIpc) is 3.00. The maximum absolute atomic E-state index is 12.8. The van der Waals surface area contributed by atoms with Gasteiger partial charge in [0.15, 0.2) is 0 Å². The van der Waals surface area contributed by atoms with E-state index in [0.717, 1.165) is 29.8 Å². The van der Waals surface area contributed by atoms with Crippen LogP contribution < -0.4 is 10.2 Å². The number of anilines is 2. The van der Waals surface area contributed by atoms with Gasteiger partial charge in [-0.3, -0.25) is 4.79 Å². The van der Waals surface area contributed by atoms with Gasteiger partial charge in [-0.2, -0.15) is 13.2 Å². The summed E-state index contributed by atoms with van der Waals surface area (Å²) in [5.41, 5.74) is 1.16. The van der Waals surface area contributed by atoms with Crippen molar-refractivity contribution in [2.45, 2.75) is 57.9 Å². The van der Waals surface area contributed by atoms with Crippen molar-refractivity contribution in [1.29, 1.82) is 0 Å². The fraction of sp³-hybridized carbons (Fsp3) is 0.652. The number of ether oxygens (including phenoxy) is 2. The summed E-state index contributed by atoms with van der Waals surface area (Å²) < 4.78 is 49.3. The molecule has 1 amide bonds. The average molecular weight is 472 g/mol. The summed E-state index contributed by atoms with van der Waals surface area (Å²) in [5, 5.41) is 3.46. The molecule has 2 aliphatic heterocycles. The number of rotatable bonds is 4. The Morgan fingerprint density at radius 1 is 1.06 bits per heavy atom. The number of hydrogen-bond acceptors (Lipinski definition) is 6. The standard InChI is InChI=1S/C23H32F3N3O4/c1-22(2,3)33-20(30)18-7-6-17(15-19(18)27-16-5-4-13-32-14-8-16)28-9-11-29(12-10-28)21(31)23(24,25)26/h6-7,15-16,27H,4-5,8-14H2,1-3H3. The molecule has 1 aromatic carbocycles. The maximum atomic E-state index is 12.8. The SMILES string of the molecule is CC(C)(C)OC(=O)c1ccc(N2CCN(C(=O)C(F)(F)F)CC2)cc1NC1CCCOCC1. The number of halogens is 3. The molecule has 3 rings (SSSR count). The lowest BCUT2D eigenvalue weighted by molar-refractivity contribution is -0.185. The van der Waals surface area contributed by atoms with Crippen LogP contribution in [0.15, 0.2) is 18.2 Å². The number of carbonyl (C=O) groups is 2. The van der Waals surface area contributed by atoms with Gasteiger partial charge in [0.2, 0.25) is 0 Å². The third-order valence-corrected chi connectivity index (χ3v) is 5.61. The van der Waals surface area contributed by atoms with Gasteiger partial charge < -0.3 is 24.6 Å². The summed E-state index contributed by atoms with van der Waals surface area (Å²) in [6, 6.07) is 5.42. The molecule has 0 aromatic heterocycles. The molecule has 7 nitrogen and oxygen atoms in total. The van der Waals surface area contributed by atoms with Crippen LogP contribution in [0, 0.1) is 0 Å². The van der Waals surface area contributed by atoms with E-state index in [1.807, 2.05) is 11.0 Å². The smallest absolute Gasteiger partial charge is 0.456 e. The molecule has 1 aromatic rings. The van der Waals surface area contributed by atoms with E-state index in [2.05, 4.69) is 5.32 Å². The van der Waals surface area contributed by atoms with E-state index in [1.54, 1.807) is 32.9 Å². The van der Waals surface area contributed by atoms with Gasteiger partial charge in [-0.15, -0.1) is 0 Å². The van der Waals surface area contributed by atoms with Crippen LogP contribution in [0.2, 0.25) is 0 Å². The molecule has 2 heterocycles. The number of hydrogen-bond donors (Lipinski definition) is 1. The normalized spacial score (nSPS) is 20.2. The van der Waals surface area contributed by atoms with Crippen molar-refractivity contribution >= 4 is 23.3 Å². The van der Waals surface area contributed by atoms with Crippen LogP contribution >= 0.6 is 0 Å². The predicted molar refractivity (Wildman–Crippen MR) is 119 cm³/mol. The van der Waals surface area contributed by atoms with E-state index < -0.39 is 23.7 Å². The lowest BCUT2D eigenvalue weighted by Gasteiger charge is -2.36.